The molecule has 1 heterocycles. The summed E-state index contributed by atoms with van der Waals surface area (Å²) < 4.78 is 22.7. The number of rotatable bonds is 9. The average Bonchev–Trinajstić information content (AvgIpc) is 2.99. The van der Waals surface area contributed by atoms with Crippen molar-refractivity contribution < 1.29 is 28.5 Å². The number of nitrogens with one attached hydrogen (secondary N) is 1. The van der Waals surface area contributed by atoms with E-state index in [1.54, 1.807) is 14.2 Å². The van der Waals surface area contributed by atoms with Crippen LogP contribution >= 0.6 is 0 Å². The minimum absolute atomic E-state index is 0.00788. The Morgan fingerprint density at radius 2 is 1.67 bits per heavy atom. The second kappa shape index (κ2) is 12.6. The third-order valence-corrected chi connectivity index (χ3v) is 7.71. The normalized spacial score (nSPS) is 18.4. The largest absolute Gasteiger partial charge is 0.493 e. The third-order valence-electron chi connectivity index (χ3n) is 7.71. The van der Waals surface area contributed by atoms with Crippen LogP contribution in [0.1, 0.15) is 62.1 Å². The molecule has 0 radical (unpaired) electrons. The van der Waals surface area contributed by atoms with E-state index in [0.717, 1.165) is 22.4 Å². The van der Waals surface area contributed by atoms with Gasteiger partial charge in [-0.1, -0.05) is 48.5 Å². The van der Waals surface area contributed by atoms with Gasteiger partial charge in [0.15, 0.2) is 17.3 Å². The monoisotopic (exact) mass is 567 g/mol. The van der Waals surface area contributed by atoms with Crippen LogP contribution in [0.2, 0.25) is 0 Å². The number of ether oxygens (including phenoxy) is 4. The molecule has 0 spiro atoms. The highest BCUT2D eigenvalue weighted by atomic mass is 16.5. The highest BCUT2D eigenvalue weighted by molar-refractivity contribution is 6.04. The van der Waals surface area contributed by atoms with Gasteiger partial charge in [0, 0.05) is 29.3 Å². The van der Waals surface area contributed by atoms with Gasteiger partial charge in [-0.25, -0.2) is 4.79 Å². The molecule has 0 fully saturated rings. The maximum Gasteiger partial charge on any atom is 0.337 e. The number of Topliss-reactive ketones (excluding diaryl/α,β-unsaturated/α-hetero) is 1. The summed E-state index contributed by atoms with van der Waals surface area (Å²) in [7, 11) is 3.20. The van der Waals surface area contributed by atoms with Gasteiger partial charge in [-0.3, -0.25) is 4.79 Å². The van der Waals surface area contributed by atoms with Crippen LogP contribution in [-0.4, -0.2) is 32.1 Å². The molecule has 0 saturated carbocycles. The van der Waals surface area contributed by atoms with Crippen molar-refractivity contribution in [1.29, 1.82) is 0 Å². The van der Waals surface area contributed by atoms with E-state index in [1.165, 1.54) is 0 Å². The van der Waals surface area contributed by atoms with Gasteiger partial charge in [0.05, 0.1) is 25.9 Å². The van der Waals surface area contributed by atoms with Crippen LogP contribution in [0, 0.1) is 0 Å². The summed E-state index contributed by atoms with van der Waals surface area (Å²) in [6.45, 7) is 5.92. The van der Waals surface area contributed by atoms with E-state index in [1.807, 2.05) is 93.6 Å². The van der Waals surface area contributed by atoms with Crippen molar-refractivity contribution in [2.45, 2.75) is 58.2 Å². The highest BCUT2D eigenvalue weighted by Crippen LogP contribution is 2.47. The predicted octanol–water partition coefficient (Wildman–Crippen LogP) is 6.60. The van der Waals surface area contributed by atoms with Gasteiger partial charge in [-0.2, -0.15) is 0 Å². The van der Waals surface area contributed by atoms with Crippen LogP contribution in [0.15, 0.2) is 95.3 Å². The summed E-state index contributed by atoms with van der Waals surface area (Å²) >= 11 is 0. The smallest absolute Gasteiger partial charge is 0.337 e. The Balaban J connectivity index is 1.52. The van der Waals surface area contributed by atoms with Crippen molar-refractivity contribution in [3.8, 4) is 17.2 Å². The zero-order valence-electron chi connectivity index (χ0n) is 24.7. The number of carbonyl (C=O) groups is 2. The number of hydrogen-bond acceptors (Lipinski definition) is 7. The first kappa shape index (κ1) is 29.0. The molecule has 1 aliphatic carbocycles. The Labute approximate surface area is 247 Å². The quantitative estimate of drug-likeness (QED) is 0.292. The van der Waals surface area contributed by atoms with Crippen molar-refractivity contribution in [2.75, 3.05) is 14.2 Å². The lowest BCUT2D eigenvalue weighted by Gasteiger charge is -2.37. The molecular formula is C35H37NO6. The van der Waals surface area contributed by atoms with E-state index in [9.17, 15) is 9.59 Å². The Morgan fingerprint density at radius 1 is 0.905 bits per heavy atom. The first-order valence-corrected chi connectivity index (χ1v) is 14.2. The lowest BCUT2D eigenvalue weighted by Crippen LogP contribution is -2.36. The number of dihydropyridines is 1. The van der Waals surface area contributed by atoms with Crippen LogP contribution < -0.4 is 19.5 Å². The van der Waals surface area contributed by atoms with Gasteiger partial charge in [0.1, 0.15) is 12.4 Å². The number of hydrogen-bond donors (Lipinski definition) is 1. The van der Waals surface area contributed by atoms with Gasteiger partial charge in [0.25, 0.3) is 0 Å². The molecule has 0 aromatic heterocycles. The molecule has 0 amide bonds. The molecule has 7 heteroatoms. The van der Waals surface area contributed by atoms with E-state index in [0.29, 0.717) is 53.5 Å². The zero-order chi connectivity index (χ0) is 29.8. The van der Waals surface area contributed by atoms with Gasteiger partial charge in [0.2, 0.25) is 0 Å². The van der Waals surface area contributed by atoms with Gasteiger partial charge < -0.3 is 24.3 Å². The Hall–Kier alpha value is -4.52. The Kier molecular flexibility index (Phi) is 8.67. The van der Waals surface area contributed by atoms with Crippen LogP contribution in [-0.2, 0) is 20.9 Å². The third kappa shape index (κ3) is 6.05. The van der Waals surface area contributed by atoms with Gasteiger partial charge >= 0.3 is 5.97 Å². The number of esters is 1. The Bertz CT molecular complexity index is 1540. The molecule has 1 N–H and O–H groups in total. The van der Waals surface area contributed by atoms with E-state index in [4.69, 9.17) is 18.9 Å². The lowest BCUT2D eigenvalue weighted by atomic mass is 9.71. The first-order chi connectivity index (χ1) is 20.3. The van der Waals surface area contributed by atoms with E-state index >= 15 is 0 Å². The number of carbonyl (C=O) groups excluding carboxylic acids is 2. The number of methoxy groups -OCH3 is 2. The standard InChI is InChI=1S/C35H37NO6/c1-21(2)42-35(38)32-22(3)36-28-17-26(24-14-15-30(39-4)31(19-24)40-5)18-29(37)34(28)33(32)25-12-9-13-27(16-25)41-20-23-10-7-6-8-11-23/h6-16,19,21,26,33,36H,17-18,20H2,1-5H3/t26-,33-/m1/s1. The summed E-state index contributed by atoms with van der Waals surface area (Å²) in [5.74, 6) is 0.856. The van der Waals surface area contributed by atoms with Crippen LogP contribution in [0.3, 0.4) is 0 Å². The average molecular weight is 568 g/mol. The van der Waals surface area contributed by atoms with Gasteiger partial charge in [-0.05, 0) is 74.1 Å². The van der Waals surface area contributed by atoms with Crippen LogP contribution in [0.25, 0.3) is 0 Å². The molecule has 0 unspecified atom stereocenters. The minimum Gasteiger partial charge on any atom is -0.493 e. The fourth-order valence-electron chi connectivity index (χ4n) is 5.79. The molecule has 0 saturated heterocycles. The second-order valence-corrected chi connectivity index (χ2v) is 10.9. The number of ketones is 1. The van der Waals surface area contributed by atoms with Gasteiger partial charge in [-0.15, -0.1) is 0 Å². The fourth-order valence-corrected chi connectivity index (χ4v) is 5.79. The first-order valence-electron chi connectivity index (χ1n) is 14.2. The molecule has 42 heavy (non-hydrogen) atoms. The summed E-state index contributed by atoms with van der Waals surface area (Å²) in [6.07, 6.45) is 0.620. The van der Waals surface area contributed by atoms with E-state index in [2.05, 4.69) is 5.32 Å². The summed E-state index contributed by atoms with van der Waals surface area (Å²) in [5, 5.41) is 3.42. The highest BCUT2D eigenvalue weighted by Gasteiger charge is 2.41. The number of allylic oxidation sites excluding steroid dienone is 3. The summed E-state index contributed by atoms with van der Waals surface area (Å²) in [5.41, 5.74) is 5.41. The molecule has 2 atom stereocenters. The molecular weight excluding hydrogens is 530 g/mol. The number of benzene rings is 3. The topological polar surface area (TPSA) is 83.1 Å². The van der Waals surface area contributed by atoms with Crippen molar-refractivity contribution in [3.63, 3.8) is 0 Å². The van der Waals surface area contributed by atoms with Crippen molar-refractivity contribution in [3.05, 3.63) is 112 Å². The lowest BCUT2D eigenvalue weighted by molar-refractivity contribution is -0.143. The predicted molar refractivity (Wildman–Crippen MR) is 161 cm³/mol. The van der Waals surface area contributed by atoms with Crippen LogP contribution in [0.5, 0.6) is 17.2 Å². The SMILES string of the molecule is COc1ccc([C@H]2CC(=O)C3=C(C2)NC(C)=C(C(=O)OC(C)C)[C@H]3c2cccc(OCc3ccccc3)c2)cc1OC. The van der Waals surface area contributed by atoms with Crippen molar-refractivity contribution in [1.82, 2.24) is 5.32 Å². The Morgan fingerprint density at radius 3 is 2.38 bits per heavy atom. The maximum atomic E-state index is 14.0. The second-order valence-electron chi connectivity index (χ2n) is 10.9. The fraction of sp³-hybridized carbons (Fsp3) is 0.314. The zero-order valence-corrected chi connectivity index (χ0v) is 24.7. The molecule has 0 bridgehead atoms. The van der Waals surface area contributed by atoms with E-state index in [-0.39, 0.29) is 17.8 Å². The molecule has 1 aliphatic heterocycles. The minimum atomic E-state index is -0.577. The summed E-state index contributed by atoms with van der Waals surface area (Å²) in [4.78, 5) is 27.5. The molecule has 5 rings (SSSR count). The summed E-state index contributed by atoms with van der Waals surface area (Å²) in [6, 6.07) is 23.4. The molecule has 218 valence electrons. The maximum absolute atomic E-state index is 14.0. The molecule has 7 nitrogen and oxygen atoms in total. The van der Waals surface area contributed by atoms with E-state index < -0.39 is 11.9 Å². The molecule has 3 aromatic carbocycles. The van der Waals surface area contributed by atoms with Crippen molar-refractivity contribution in [2.24, 2.45) is 0 Å². The molecule has 3 aromatic rings. The molecule has 2 aliphatic rings. The van der Waals surface area contributed by atoms with Crippen LogP contribution in [0.4, 0.5) is 0 Å². The van der Waals surface area contributed by atoms with Crippen molar-refractivity contribution >= 4 is 11.8 Å².